The summed E-state index contributed by atoms with van der Waals surface area (Å²) in [5, 5.41) is 0. The van der Waals surface area contributed by atoms with Crippen LogP contribution < -0.4 is 0 Å². The Kier molecular flexibility index (Phi) is 20.5. The molecule has 23 heavy (non-hydrogen) atoms. The second-order valence-electron chi connectivity index (χ2n) is 6.77. The van der Waals surface area contributed by atoms with Crippen molar-refractivity contribution in [3.8, 4) is 0 Å². The molecule has 0 unspecified atom stereocenters. The summed E-state index contributed by atoms with van der Waals surface area (Å²) < 4.78 is 0. The zero-order valence-electron chi connectivity index (χ0n) is 15.9. The molecule has 0 radical (unpaired) electrons. The fourth-order valence-electron chi connectivity index (χ4n) is 2.96. The summed E-state index contributed by atoms with van der Waals surface area (Å²) in [5.41, 5.74) is 0. The molecule has 0 aliphatic rings. The quantitative estimate of drug-likeness (QED) is 0.135. The second kappa shape index (κ2) is 21.2. The van der Waals surface area contributed by atoms with Gasteiger partial charge in [0.05, 0.1) is 0 Å². The normalized spacial score (nSPS) is 11.7. The van der Waals surface area contributed by atoms with Gasteiger partial charge >= 0.3 is 0 Å². The predicted molar refractivity (Wildman–Crippen MR) is 108 cm³/mol. The number of unbranched alkanes of at least 4 members (excludes halogenated alkanes) is 15. The molecule has 0 nitrogen and oxygen atoms in total. The van der Waals surface area contributed by atoms with Crippen molar-refractivity contribution in [2.24, 2.45) is 0 Å². The van der Waals surface area contributed by atoms with Gasteiger partial charge in [-0.2, -0.15) is 0 Å². The third kappa shape index (κ3) is 21.2. The van der Waals surface area contributed by atoms with E-state index < -0.39 is 0 Å². The highest BCUT2D eigenvalue weighted by molar-refractivity contribution is 5.00. The van der Waals surface area contributed by atoms with E-state index in [2.05, 4.69) is 37.8 Å². The third-order valence-corrected chi connectivity index (χ3v) is 4.47. The summed E-state index contributed by atoms with van der Waals surface area (Å²) in [5.74, 6) is 0. The van der Waals surface area contributed by atoms with Gasteiger partial charge in [-0.25, -0.2) is 0 Å². The van der Waals surface area contributed by atoms with Crippen LogP contribution in [-0.2, 0) is 0 Å². The summed E-state index contributed by atoms with van der Waals surface area (Å²) in [7, 11) is 0. The van der Waals surface area contributed by atoms with Crippen LogP contribution in [-0.4, -0.2) is 0 Å². The van der Waals surface area contributed by atoms with Crippen molar-refractivity contribution in [3.05, 3.63) is 37.0 Å². The van der Waals surface area contributed by atoms with Crippen LogP contribution in [0.1, 0.15) is 110 Å². The molecule has 0 bridgehead atoms. The van der Waals surface area contributed by atoms with Gasteiger partial charge in [0.15, 0.2) is 0 Å². The topological polar surface area (TPSA) is 0 Å². The van der Waals surface area contributed by atoms with Crippen molar-refractivity contribution < 1.29 is 0 Å². The average molecular weight is 319 g/mol. The molecule has 0 heterocycles. The lowest BCUT2D eigenvalue weighted by Gasteiger charge is -2.03. The number of hydrogen-bond donors (Lipinski definition) is 0. The predicted octanol–water partition coefficient (Wildman–Crippen LogP) is 8.55. The van der Waals surface area contributed by atoms with Crippen LogP contribution in [0, 0.1) is 0 Å². The first-order valence-electron chi connectivity index (χ1n) is 10.3. The summed E-state index contributed by atoms with van der Waals surface area (Å²) >= 11 is 0. The smallest absolute Gasteiger partial charge is 0.0348 e. The van der Waals surface area contributed by atoms with Gasteiger partial charge in [-0.3, -0.25) is 0 Å². The number of rotatable bonds is 18. The molecule has 0 fully saturated rings. The van der Waals surface area contributed by atoms with E-state index in [9.17, 15) is 0 Å². The maximum absolute atomic E-state index is 3.77. The third-order valence-electron chi connectivity index (χ3n) is 4.47. The van der Waals surface area contributed by atoms with E-state index >= 15 is 0 Å². The molecule has 0 rings (SSSR count). The second-order valence-corrected chi connectivity index (χ2v) is 6.77. The van der Waals surface area contributed by atoms with Crippen LogP contribution in [0.2, 0.25) is 0 Å². The van der Waals surface area contributed by atoms with Gasteiger partial charge in [-0.05, 0) is 32.6 Å². The Balaban J connectivity index is 3.01. The van der Waals surface area contributed by atoms with Crippen LogP contribution in [0.15, 0.2) is 37.0 Å². The zero-order valence-corrected chi connectivity index (χ0v) is 15.9. The molecule has 0 saturated heterocycles. The fourth-order valence-corrected chi connectivity index (χ4v) is 2.96. The SMILES string of the molecule is C=CCCCCCCCCCCCCCCCCC=CC=CC. The van der Waals surface area contributed by atoms with Crippen molar-refractivity contribution in [1.29, 1.82) is 0 Å². The molecular weight excluding hydrogens is 276 g/mol. The van der Waals surface area contributed by atoms with Gasteiger partial charge in [0, 0.05) is 0 Å². The lowest BCUT2D eigenvalue weighted by Crippen LogP contribution is -1.83. The molecule has 0 aliphatic carbocycles. The molecule has 0 aromatic rings. The molecular formula is C23H42. The maximum atomic E-state index is 3.77. The van der Waals surface area contributed by atoms with Gasteiger partial charge in [0.2, 0.25) is 0 Å². The Morgan fingerprint density at radius 2 is 0.913 bits per heavy atom. The van der Waals surface area contributed by atoms with E-state index in [1.54, 1.807) is 0 Å². The largest absolute Gasteiger partial charge is 0.103 e. The van der Waals surface area contributed by atoms with E-state index in [1.807, 2.05) is 6.08 Å². The fraction of sp³-hybridized carbons (Fsp3) is 0.739. The molecule has 0 spiro atoms. The maximum Gasteiger partial charge on any atom is -0.0348 e. The van der Waals surface area contributed by atoms with Gasteiger partial charge in [0.25, 0.3) is 0 Å². The van der Waals surface area contributed by atoms with Gasteiger partial charge in [-0.15, -0.1) is 6.58 Å². The van der Waals surface area contributed by atoms with Gasteiger partial charge < -0.3 is 0 Å². The van der Waals surface area contributed by atoms with E-state index in [0.29, 0.717) is 0 Å². The molecule has 0 saturated carbocycles. The Bertz CT molecular complexity index is 272. The first-order valence-corrected chi connectivity index (χ1v) is 10.3. The number of allylic oxidation sites excluding steroid dienone is 5. The Morgan fingerprint density at radius 3 is 1.30 bits per heavy atom. The minimum Gasteiger partial charge on any atom is -0.103 e. The first kappa shape index (κ1) is 22.2. The van der Waals surface area contributed by atoms with Gasteiger partial charge in [0.1, 0.15) is 0 Å². The zero-order chi connectivity index (χ0) is 16.8. The van der Waals surface area contributed by atoms with Crippen molar-refractivity contribution in [2.75, 3.05) is 0 Å². The molecule has 0 N–H and O–H groups in total. The van der Waals surface area contributed by atoms with Crippen LogP contribution in [0.25, 0.3) is 0 Å². The molecule has 0 aromatic heterocycles. The summed E-state index contributed by atoms with van der Waals surface area (Å²) in [6.45, 7) is 5.84. The first-order chi connectivity index (χ1) is 11.4. The van der Waals surface area contributed by atoms with E-state index in [-0.39, 0.29) is 0 Å². The number of hydrogen-bond acceptors (Lipinski definition) is 0. The van der Waals surface area contributed by atoms with E-state index in [1.165, 1.54) is 103 Å². The Hall–Kier alpha value is -0.780. The van der Waals surface area contributed by atoms with Crippen molar-refractivity contribution >= 4 is 0 Å². The minimum atomic E-state index is 1.20. The van der Waals surface area contributed by atoms with Crippen LogP contribution in [0.3, 0.4) is 0 Å². The standard InChI is InChI=1S/C23H42/c1-3-5-7-9-11-13-15-17-19-21-23-22-20-18-16-14-12-10-8-6-4-2/h3-4,6,8,10H,1,5,7,9,11-23H2,2H3. The molecule has 0 aromatic carbocycles. The van der Waals surface area contributed by atoms with Gasteiger partial charge in [-0.1, -0.05) is 107 Å². The monoisotopic (exact) mass is 318 g/mol. The Labute approximate surface area is 147 Å². The van der Waals surface area contributed by atoms with Crippen molar-refractivity contribution in [3.63, 3.8) is 0 Å². The van der Waals surface area contributed by atoms with Crippen LogP contribution in [0.5, 0.6) is 0 Å². The van der Waals surface area contributed by atoms with Crippen molar-refractivity contribution in [1.82, 2.24) is 0 Å². The Morgan fingerprint density at radius 1 is 0.522 bits per heavy atom. The van der Waals surface area contributed by atoms with Crippen LogP contribution >= 0.6 is 0 Å². The lowest BCUT2D eigenvalue weighted by molar-refractivity contribution is 0.534. The minimum absolute atomic E-state index is 1.20. The molecule has 0 atom stereocenters. The summed E-state index contributed by atoms with van der Waals surface area (Å²) in [6, 6.07) is 0. The van der Waals surface area contributed by atoms with E-state index in [4.69, 9.17) is 0 Å². The van der Waals surface area contributed by atoms with Crippen LogP contribution in [0.4, 0.5) is 0 Å². The summed E-state index contributed by atoms with van der Waals surface area (Å²) in [4.78, 5) is 0. The molecule has 0 aliphatic heterocycles. The average Bonchev–Trinajstić information content (AvgIpc) is 2.57. The highest BCUT2D eigenvalue weighted by Crippen LogP contribution is 2.13. The highest BCUT2D eigenvalue weighted by Gasteiger charge is 1.94. The lowest BCUT2D eigenvalue weighted by atomic mass is 10.0. The highest BCUT2D eigenvalue weighted by atomic mass is 14.0. The van der Waals surface area contributed by atoms with E-state index in [0.717, 1.165) is 0 Å². The molecule has 0 heteroatoms. The summed E-state index contributed by atoms with van der Waals surface area (Å²) in [6.07, 6.45) is 33.2. The molecule has 0 amide bonds. The molecule has 134 valence electrons. The van der Waals surface area contributed by atoms with Crippen molar-refractivity contribution in [2.45, 2.75) is 110 Å².